The fourth-order valence-corrected chi connectivity index (χ4v) is 2.36. The van der Waals surface area contributed by atoms with E-state index in [4.69, 9.17) is 10.6 Å². The van der Waals surface area contributed by atoms with Crippen molar-refractivity contribution in [2.45, 2.75) is 52.7 Å². The third-order valence-corrected chi connectivity index (χ3v) is 4.14. The summed E-state index contributed by atoms with van der Waals surface area (Å²) in [5, 5.41) is 0. The van der Waals surface area contributed by atoms with Crippen molar-refractivity contribution >= 4 is 0 Å². The molecule has 2 atom stereocenters. The zero-order valence-corrected chi connectivity index (χ0v) is 12.4. The van der Waals surface area contributed by atoms with Gasteiger partial charge in [0.1, 0.15) is 0 Å². The van der Waals surface area contributed by atoms with Crippen LogP contribution in [0.4, 0.5) is 0 Å². The Morgan fingerprint density at radius 2 is 1.78 bits per heavy atom. The Bertz CT molecular complexity index is 411. The molecule has 3 heteroatoms. The summed E-state index contributed by atoms with van der Waals surface area (Å²) in [7, 11) is 1.74. The third-order valence-electron chi connectivity index (χ3n) is 4.14. The fourth-order valence-electron chi connectivity index (χ4n) is 2.36. The van der Waals surface area contributed by atoms with Crippen molar-refractivity contribution in [1.29, 1.82) is 0 Å². The van der Waals surface area contributed by atoms with Gasteiger partial charge < -0.3 is 4.74 Å². The number of methoxy groups -OCH3 is 1. The van der Waals surface area contributed by atoms with Gasteiger partial charge in [0.25, 0.3) is 0 Å². The van der Waals surface area contributed by atoms with E-state index in [0.717, 1.165) is 6.42 Å². The summed E-state index contributed by atoms with van der Waals surface area (Å²) in [6, 6.07) is 4.41. The van der Waals surface area contributed by atoms with Crippen molar-refractivity contribution in [3.63, 3.8) is 0 Å². The van der Waals surface area contributed by atoms with E-state index in [0.29, 0.717) is 0 Å². The van der Waals surface area contributed by atoms with Gasteiger partial charge in [-0.05, 0) is 56.4 Å². The molecule has 18 heavy (non-hydrogen) atoms. The topological polar surface area (TPSA) is 47.3 Å². The first-order valence-electron chi connectivity index (χ1n) is 6.48. The Morgan fingerprint density at radius 3 is 2.22 bits per heavy atom. The summed E-state index contributed by atoms with van der Waals surface area (Å²) < 4.78 is 5.68. The second-order valence-electron chi connectivity index (χ2n) is 5.26. The van der Waals surface area contributed by atoms with Crippen LogP contribution >= 0.6 is 0 Å². The van der Waals surface area contributed by atoms with Crippen LogP contribution < -0.4 is 11.3 Å². The molecular formula is C15H26N2O. The molecule has 0 saturated carbocycles. The molecule has 0 aliphatic heterocycles. The Hall–Kier alpha value is -0.900. The number of nitrogens with two attached hydrogens (primary N) is 1. The number of hydrogen-bond acceptors (Lipinski definition) is 3. The average Bonchev–Trinajstić information content (AvgIpc) is 2.35. The number of ether oxygens (including phenoxy) is 1. The molecule has 2 unspecified atom stereocenters. The van der Waals surface area contributed by atoms with E-state index in [1.165, 1.54) is 22.3 Å². The summed E-state index contributed by atoms with van der Waals surface area (Å²) in [5.41, 5.74) is 7.67. The van der Waals surface area contributed by atoms with Crippen LogP contribution in [0.1, 0.15) is 48.6 Å². The zero-order chi connectivity index (χ0) is 13.9. The van der Waals surface area contributed by atoms with Crippen molar-refractivity contribution in [3.8, 4) is 0 Å². The molecule has 0 spiro atoms. The van der Waals surface area contributed by atoms with Gasteiger partial charge in [-0.25, -0.2) is 0 Å². The summed E-state index contributed by atoms with van der Waals surface area (Å²) in [4.78, 5) is 0. The van der Waals surface area contributed by atoms with Crippen LogP contribution in [0.25, 0.3) is 0 Å². The second kappa shape index (κ2) is 5.83. The van der Waals surface area contributed by atoms with Crippen LogP contribution in [0.15, 0.2) is 12.1 Å². The molecule has 1 rings (SSSR count). The number of benzene rings is 1. The largest absolute Gasteiger partial charge is 0.376 e. The number of hydrogen-bond donors (Lipinski definition) is 2. The minimum absolute atomic E-state index is 0.00759. The Balaban J connectivity index is 3.29. The molecule has 0 aliphatic carbocycles. The van der Waals surface area contributed by atoms with E-state index in [1.54, 1.807) is 7.11 Å². The zero-order valence-electron chi connectivity index (χ0n) is 12.4. The molecule has 0 bridgehead atoms. The van der Waals surface area contributed by atoms with E-state index in [9.17, 15) is 0 Å². The van der Waals surface area contributed by atoms with Crippen LogP contribution in [-0.2, 0) is 4.74 Å². The smallest absolute Gasteiger partial charge is 0.0854 e. The van der Waals surface area contributed by atoms with Crippen LogP contribution in [-0.4, -0.2) is 12.7 Å². The first-order chi connectivity index (χ1) is 8.39. The van der Waals surface area contributed by atoms with E-state index in [1.807, 2.05) is 0 Å². The molecule has 3 nitrogen and oxygen atoms in total. The Kier molecular flexibility index (Phi) is 4.91. The first kappa shape index (κ1) is 15.2. The molecule has 0 fully saturated rings. The maximum atomic E-state index is 5.77. The predicted octanol–water partition coefficient (Wildman–Crippen LogP) is 2.93. The predicted molar refractivity (Wildman–Crippen MR) is 76.4 cm³/mol. The lowest BCUT2D eigenvalue weighted by atomic mass is 9.84. The van der Waals surface area contributed by atoms with Crippen LogP contribution in [0, 0.1) is 20.8 Å². The second-order valence-corrected chi connectivity index (χ2v) is 5.26. The van der Waals surface area contributed by atoms with Gasteiger partial charge in [0, 0.05) is 7.11 Å². The van der Waals surface area contributed by atoms with E-state index < -0.39 is 0 Å². The summed E-state index contributed by atoms with van der Waals surface area (Å²) in [6.07, 6.45) is 0.894. The van der Waals surface area contributed by atoms with Gasteiger partial charge in [-0.1, -0.05) is 19.1 Å². The minimum Gasteiger partial charge on any atom is -0.376 e. The number of aryl methyl sites for hydroxylation is 3. The van der Waals surface area contributed by atoms with E-state index in [-0.39, 0.29) is 11.6 Å². The first-order valence-corrected chi connectivity index (χ1v) is 6.48. The lowest BCUT2D eigenvalue weighted by Gasteiger charge is -2.36. The Labute approximate surface area is 111 Å². The van der Waals surface area contributed by atoms with Crippen LogP contribution in [0.2, 0.25) is 0 Å². The minimum atomic E-state index is -0.304. The number of rotatable bonds is 5. The molecule has 1 aromatic carbocycles. The summed E-state index contributed by atoms with van der Waals surface area (Å²) >= 11 is 0. The van der Waals surface area contributed by atoms with Gasteiger partial charge in [-0.15, -0.1) is 0 Å². The van der Waals surface area contributed by atoms with Crippen molar-refractivity contribution in [3.05, 3.63) is 34.4 Å². The lowest BCUT2D eigenvalue weighted by molar-refractivity contribution is -0.0302. The molecule has 0 heterocycles. The fraction of sp³-hybridized carbons (Fsp3) is 0.600. The van der Waals surface area contributed by atoms with Gasteiger partial charge >= 0.3 is 0 Å². The standard InChI is InChI=1S/C15H26N2O/c1-7-15(5,18-6)14(17-16)13-9-11(3)10(2)8-12(13)4/h8-9,14,17H,7,16H2,1-6H3. The molecule has 0 aliphatic rings. The molecule has 0 saturated heterocycles. The van der Waals surface area contributed by atoms with Crippen molar-refractivity contribution in [2.24, 2.45) is 5.84 Å². The molecule has 3 N–H and O–H groups in total. The highest BCUT2D eigenvalue weighted by atomic mass is 16.5. The quantitative estimate of drug-likeness (QED) is 0.624. The van der Waals surface area contributed by atoms with Crippen molar-refractivity contribution in [1.82, 2.24) is 5.43 Å². The van der Waals surface area contributed by atoms with Crippen LogP contribution in [0.3, 0.4) is 0 Å². The molecule has 0 aromatic heterocycles. The molecule has 1 aromatic rings. The average molecular weight is 250 g/mol. The normalized spacial score (nSPS) is 16.4. The van der Waals surface area contributed by atoms with Gasteiger partial charge in [-0.3, -0.25) is 11.3 Å². The van der Waals surface area contributed by atoms with Crippen LogP contribution in [0.5, 0.6) is 0 Å². The maximum Gasteiger partial charge on any atom is 0.0854 e. The Morgan fingerprint density at radius 1 is 1.22 bits per heavy atom. The monoisotopic (exact) mass is 250 g/mol. The highest BCUT2D eigenvalue weighted by Gasteiger charge is 2.34. The molecule has 0 radical (unpaired) electrons. The molecular weight excluding hydrogens is 224 g/mol. The van der Waals surface area contributed by atoms with E-state index >= 15 is 0 Å². The van der Waals surface area contributed by atoms with Crippen molar-refractivity contribution in [2.75, 3.05) is 7.11 Å². The SMILES string of the molecule is CCC(C)(OC)C(NN)c1cc(C)c(C)cc1C. The highest BCUT2D eigenvalue weighted by Crippen LogP contribution is 2.33. The molecule has 102 valence electrons. The number of hydrazine groups is 1. The maximum absolute atomic E-state index is 5.77. The number of nitrogens with one attached hydrogen (secondary N) is 1. The molecule has 0 amide bonds. The van der Waals surface area contributed by atoms with E-state index in [2.05, 4.69) is 52.2 Å². The van der Waals surface area contributed by atoms with Gasteiger partial charge in [-0.2, -0.15) is 0 Å². The van der Waals surface area contributed by atoms with Gasteiger partial charge in [0.2, 0.25) is 0 Å². The van der Waals surface area contributed by atoms with Gasteiger partial charge in [0.15, 0.2) is 0 Å². The third kappa shape index (κ3) is 2.74. The summed E-state index contributed by atoms with van der Waals surface area (Å²) in [5.74, 6) is 5.77. The van der Waals surface area contributed by atoms with Gasteiger partial charge in [0.05, 0.1) is 11.6 Å². The highest BCUT2D eigenvalue weighted by molar-refractivity contribution is 5.39. The lowest BCUT2D eigenvalue weighted by Crippen LogP contribution is -2.46. The van der Waals surface area contributed by atoms with Crippen molar-refractivity contribution < 1.29 is 4.74 Å². The summed E-state index contributed by atoms with van der Waals surface area (Å²) in [6.45, 7) is 10.6.